The number of nitrogens with zero attached hydrogens (tertiary/aromatic N) is 4. The van der Waals surface area contributed by atoms with Crippen LogP contribution in [0.2, 0.25) is 0 Å². The first-order valence-electron chi connectivity index (χ1n) is 18.1. The van der Waals surface area contributed by atoms with E-state index in [1.807, 2.05) is 0 Å². The number of fused-ring (bicyclic) bond motifs is 1. The predicted molar refractivity (Wildman–Crippen MR) is 187 cm³/mol. The average Bonchev–Trinajstić information content (AvgIpc) is 3.46. The second-order valence-electron chi connectivity index (χ2n) is 13.6. The molecule has 2 aliphatic heterocycles. The molecule has 3 N–H and O–H groups in total. The number of alkyl halides is 2. The second-order valence-corrected chi connectivity index (χ2v) is 13.6. The number of benzene rings is 1. The molecule has 1 aliphatic carbocycles. The molecule has 5 rings (SSSR count). The Bertz CT molecular complexity index is 1730. The zero-order chi connectivity index (χ0) is 39.0. The monoisotopic (exact) mass is 760 g/mol. The van der Waals surface area contributed by atoms with Gasteiger partial charge in [0.15, 0.2) is 6.61 Å². The van der Waals surface area contributed by atoms with E-state index in [2.05, 4.69) is 15.6 Å². The van der Waals surface area contributed by atoms with Gasteiger partial charge in [-0.15, -0.1) is 0 Å². The zero-order valence-corrected chi connectivity index (χ0v) is 30.3. The molecule has 3 aliphatic rings. The molecular weight excluding hydrogens is 714 g/mol. The molecule has 18 heteroatoms. The number of aryl methyl sites for hydroxylation is 1. The summed E-state index contributed by atoms with van der Waals surface area (Å²) in [4.78, 5) is 85.4. The van der Waals surface area contributed by atoms with Crippen LogP contribution >= 0.6 is 0 Å². The first-order chi connectivity index (χ1) is 25.7. The Morgan fingerprint density at radius 2 is 1.76 bits per heavy atom. The Kier molecular flexibility index (Phi) is 13.2. The van der Waals surface area contributed by atoms with Gasteiger partial charge < -0.3 is 44.7 Å². The fourth-order valence-electron chi connectivity index (χ4n) is 6.45. The number of nitrogens with one attached hydrogen (secondary N) is 2. The molecule has 0 spiro atoms. The van der Waals surface area contributed by atoms with E-state index in [-0.39, 0.29) is 69.7 Å². The lowest BCUT2D eigenvalue weighted by molar-refractivity contribution is -0.145. The second kappa shape index (κ2) is 17.8. The van der Waals surface area contributed by atoms with Gasteiger partial charge in [-0.25, -0.2) is 18.6 Å². The molecule has 16 nitrogen and oxygen atoms in total. The van der Waals surface area contributed by atoms with Gasteiger partial charge in [0, 0.05) is 63.1 Å². The fraction of sp³-hybridized carbons (Fsp3) is 0.583. The highest BCUT2D eigenvalue weighted by Gasteiger charge is 2.50. The quantitative estimate of drug-likeness (QED) is 0.178. The van der Waals surface area contributed by atoms with E-state index in [1.165, 1.54) is 15.9 Å². The standard InChI is InChI=1S/C36H46F2N6O10/c1-3-52-15-16-53-31(46)10-9-25(34(49)42-11-13-43(14-12-42)35(50)51)41-32(47)27-18-29(24-8-7-22(2)17-26(24)40-27)54-20-30(45)44-21-36(37,38)19-28(44)33(48)39-23-5-4-6-23/h7-8,17-18,23,25,28H,3-6,9-16,19-21H2,1-2H3,(H,39,48)(H,41,47)(H,50,51)/t25-,28-/m0/s1. The van der Waals surface area contributed by atoms with Crippen LogP contribution in [0.15, 0.2) is 24.3 Å². The SMILES string of the molecule is CCOCCOC(=O)CC[C@H](NC(=O)c1cc(OCC(=O)N2CC(F)(F)C[C@H]2C(=O)NC2CCC2)c2ccc(C)cc2n1)C(=O)N1CCN(C(=O)O)CC1. The number of aromatic nitrogens is 1. The highest BCUT2D eigenvalue weighted by molar-refractivity contribution is 5.99. The molecule has 294 valence electrons. The van der Waals surface area contributed by atoms with E-state index in [0.29, 0.717) is 17.5 Å². The van der Waals surface area contributed by atoms with Gasteiger partial charge in [-0.2, -0.15) is 0 Å². The van der Waals surface area contributed by atoms with E-state index in [9.17, 15) is 42.7 Å². The van der Waals surface area contributed by atoms with Crippen molar-refractivity contribution in [3.8, 4) is 5.75 Å². The van der Waals surface area contributed by atoms with Crippen molar-refractivity contribution in [2.24, 2.45) is 0 Å². The highest BCUT2D eigenvalue weighted by Crippen LogP contribution is 2.33. The number of rotatable bonds is 15. The topological polar surface area (TPSA) is 197 Å². The molecule has 1 saturated carbocycles. The molecular formula is C36H46F2N6O10. The Labute approximate surface area is 310 Å². The number of hydrogen-bond acceptors (Lipinski definition) is 10. The third-order valence-electron chi connectivity index (χ3n) is 9.65. The van der Waals surface area contributed by atoms with Gasteiger partial charge >= 0.3 is 12.1 Å². The summed E-state index contributed by atoms with van der Waals surface area (Å²) in [5.41, 5.74) is 0.889. The number of pyridine rings is 1. The zero-order valence-electron chi connectivity index (χ0n) is 30.3. The van der Waals surface area contributed by atoms with Crippen LogP contribution in [0.25, 0.3) is 10.9 Å². The van der Waals surface area contributed by atoms with Crippen molar-refractivity contribution < 1.29 is 56.9 Å². The average molecular weight is 761 g/mol. The van der Waals surface area contributed by atoms with Gasteiger partial charge in [0.1, 0.15) is 30.1 Å². The first kappa shape index (κ1) is 40.1. The predicted octanol–water partition coefficient (Wildman–Crippen LogP) is 2.11. The maximum Gasteiger partial charge on any atom is 0.407 e. The fourth-order valence-corrected chi connectivity index (χ4v) is 6.45. The molecule has 5 amide bonds. The van der Waals surface area contributed by atoms with Gasteiger partial charge in [0.05, 0.1) is 18.7 Å². The molecule has 1 aromatic carbocycles. The lowest BCUT2D eigenvalue weighted by atomic mass is 9.93. The highest BCUT2D eigenvalue weighted by atomic mass is 19.3. The van der Waals surface area contributed by atoms with Crippen LogP contribution in [0.4, 0.5) is 13.6 Å². The van der Waals surface area contributed by atoms with Gasteiger partial charge in [0.2, 0.25) is 11.8 Å². The smallest absolute Gasteiger partial charge is 0.407 e. The van der Waals surface area contributed by atoms with Crippen molar-refractivity contribution in [2.45, 2.75) is 76.4 Å². The molecule has 0 bridgehead atoms. The van der Waals surface area contributed by atoms with Crippen LogP contribution in [0.3, 0.4) is 0 Å². The minimum atomic E-state index is -3.26. The first-order valence-corrected chi connectivity index (χ1v) is 18.1. The van der Waals surface area contributed by atoms with E-state index < -0.39 is 73.3 Å². The Morgan fingerprint density at radius 3 is 2.43 bits per heavy atom. The van der Waals surface area contributed by atoms with E-state index in [0.717, 1.165) is 29.7 Å². The molecule has 54 heavy (non-hydrogen) atoms. The molecule has 0 unspecified atom stereocenters. The number of piperazine rings is 1. The third-order valence-corrected chi connectivity index (χ3v) is 9.65. The molecule has 0 radical (unpaired) electrons. The van der Waals surface area contributed by atoms with Gasteiger partial charge in [0.25, 0.3) is 17.7 Å². The number of hydrogen-bond donors (Lipinski definition) is 3. The summed E-state index contributed by atoms with van der Waals surface area (Å²) in [5.74, 6) is -6.67. The van der Waals surface area contributed by atoms with Crippen LogP contribution in [-0.4, -0.2) is 144 Å². The van der Waals surface area contributed by atoms with E-state index in [1.54, 1.807) is 32.0 Å². The van der Waals surface area contributed by atoms with Crippen LogP contribution in [-0.2, 0) is 28.7 Å². The van der Waals surface area contributed by atoms with Gasteiger partial charge in [-0.3, -0.25) is 24.0 Å². The number of esters is 1. The Hall–Kier alpha value is -5.13. The largest absolute Gasteiger partial charge is 0.483 e. The van der Waals surface area contributed by atoms with Crippen molar-refractivity contribution in [3.63, 3.8) is 0 Å². The van der Waals surface area contributed by atoms with Crippen molar-refractivity contribution in [1.29, 1.82) is 0 Å². The number of likely N-dealkylation sites (tertiary alicyclic amines) is 1. The molecule has 1 aromatic heterocycles. The molecule has 3 fully saturated rings. The summed E-state index contributed by atoms with van der Waals surface area (Å²) in [7, 11) is 0. The molecule has 2 atom stereocenters. The third kappa shape index (κ3) is 10.3. The summed E-state index contributed by atoms with van der Waals surface area (Å²) < 4.78 is 45.2. The van der Waals surface area contributed by atoms with Crippen LogP contribution in [0, 0.1) is 6.92 Å². The van der Waals surface area contributed by atoms with Gasteiger partial charge in [-0.05, 0) is 57.2 Å². The summed E-state index contributed by atoms with van der Waals surface area (Å²) >= 11 is 0. The number of ether oxygens (including phenoxy) is 3. The summed E-state index contributed by atoms with van der Waals surface area (Å²) in [6, 6.07) is 3.66. The Balaban J connectivity index is 1.32. The van der Waals surface area contributed by atoms with Gasteiger partial charge in [-0.1, -0.05) is 6.07 Å². The Morgan fingerprint density at radius 1 is 1.04 bits per heavy atom. The number of carbonyl (C=O) groups excluding carboxylic acids is 5. The maximum absolute atomic E-state index is 14.5. The number of carboxylic acid groups (broad SMARTS) is 1. The maximum atomic E-state index is 14.5. The van der Waals surface area contributed by atoms with E-state index in [4.69, 9.17) is 14.2 Å². The lowest BCUT2D eigenvalue weighted by Crippen LogP contribution is -2.55. The van der Waals surface area contributed by atoms with Crippen LogP contribution in [0.5, 0.6) is 5.75 Å². The summed E-state index contributed by atoms with van der Waals surface area (Å²) in [6.45, 7) is 2.85. The van der Waals surface area contributed by atoms with Crippen molar-refractivity contribution >= 4 is 46.6 Å². The van der Waals surface area contributed by atoms with Crippen LogP contribution < -0.4 is 15.4 Å². The number of carbonyl (C=O) groups is 6. The molecule has 3 heterocycles. The molecule has 2 aromatic rings. The summed E-state index contributed by atoms with van der Waals surface area (Å²) in [6.07, 6.45) is 0.124. The normalized spacial score (nSPS) is 18.8. The van der Waals surface area contributed by atoms with Crippen molar-refractivity contribution in [3.05, 3.63) is 35.5 Å². The van der Waals surface area contributed by atoms with Crippen molar-refractivity contribution in [2.75, 3.05) is 59.2 Å². The molecule has 2 saturated heterocycles. The summed E-state index contributed by atoms with van der Waals surface area (Å²) in [5, 5.41) is 15.1. The number of amides is 5. The minimum Gasteiger partial charge on any atom is -0.483 e. The van der Waals surface area contributed by atoms with Crippen LogP contribution in [0.1, 0.15) is 61.5 Å². The minimum absolute atomic E-state index is 0.00893. The number of halogens is 2. The lowest BCUT2D eigenvalue weighted by Gasteiger charge is -2.35. The van der Waals surface area contributed by atoms with Crippen molar-refractivity contribution in [1.82, 2.24) is 30.3 Å². The van der Waals surface area contributed by atoms with E-state index >= 15 is 0 Å².